The lowest BCUT2D eigenvalue weighted by molar-refractivity contribution is 0.0688. The van der Waals surface area contributed by atoms with Gasteiger partial charge in [-0.2, -0.15) is 0 Å². The maximum absolute atomic E-state index is 12.4. The highest BCUT2D eigenvalue weighted by Gasteiger charge is 2.22. The van der Waals surface area contributed by atoms with Crippen molar-refractivity contribution in [3.05, 3.63) is 23.1 Å². The summed E-state index contributed by atoms with van der Waals surface area (Å²) in [7, 11) is 3.26. The van der Waals surface area contributed by atoms with Crippen LogP contribution in [0.4, 0.5) is 5.69 Å². The summed E-state index contributed by atoms with van der Waals surface area (Å²) in [6, 6.07) is 5.29. The lowest BCUT2D eigenvalue weighted by Gasteiger charge is -2.22. The second-order valence-electron chi connectivity index (χ2n) is 4.65. The maximum atomic E-state index is 12.4. The van der Waals surface area contributed by atoms with Gasteiger partial charge in [0.15, 0.2) is 0 Å². The maximum Gasteiger partial charge on any atom is 0.266 e. The molecule has 0 saturated heterocycles. The average Bonchev–Trinajstić information content (AvgIpc) is 2.81. The normalized spacial score (nSPS) is 12.4. The molecule has 1 aromatic heterocycles. The van der Waals surface area contributed by atoms with Crippen LogP contribution < -0.4 is 10.5 Å². The van der Waals surface area contributed by atoms with Gasteiger partial charge >= 0.3 is 0 Å². The van der Waals surface area contributed by atoms with Crippen LogP contribution in [0.2, 0.25) is 0 Å². The van der Waals surface area contributed by atoms with Gasteiger partial charge in [0, 0.05) is 17.1 Å². The van der Waals surface area contributed by atoms with E-state index < -0.39 is 0 Å². The molecule has 2 aromatic rings. The van der Waals surface area contributed by atoms with Crippen molar-refractivity contribution in [2.45, 2.75) is 13.0 Å². The summed E-state index contributed by atoms with van der Waals surface area (Å²) in [5, 5.41) is 9.99. The molecule has 5 nitrogen and oxygen atoms in total. The van der Waals surface area contributed by atoms with Crippen LogP contribution >= 0.6 is 11.3 Å². The zero-order chi connectivity index (χ0) is 14.9. The van der Waals surface area contributed by atoms with Gasteiger partial charge in [0.1, 0.15) is 10.6 Å². The minimum Gasteiger partial charge on any atom is -0.497 e. The van der Waals surface area contributed by atoms with Crippen LogP contribution in [0.3, 0.4) is 0 Å². The van der Waals surface area contributed by atoms with Crippen molar-refractivity contribution >= 4 is 33.0 Å². The fourth-order valence-corrected chi connectivity index (χ4v) is 3.00. The Kier molecular flexibility index (Phi) is 4.15. The first-order valence-electron chi connectivity index (χ1n) is 6.23. The molecule has 1 amide bonds. The number of fused-ring (bicyclic) bond motifs is 1. The van der Waals surface area contributed by atoms with Gasteiger partial charge in [0.2, 0.25) is 0 Å². The van der Waals surface area contributed by atoms with E-state index in [-0.39, 0.29) is 18.6 Å². The summed E-state index contributed by atoms with van der Waals surface area (Å²) in [5.41, 5.74) is 6.55. The van der Waals surface area contributed by atoms with Gasteiger partial charge in [-0.05, 0) is 25.1 Å². The number of nitrogens with zero attached hydrogens (tertiary/aromatic N) is 1. The molecule has 0 spiro atoms. The molecular formula is C14H18N2O3S. The number of methoxy groups -OCH3 is 1. The molecule has 0 saturated carbocycles. The van der Waals surface area contributed by atoms with Gasteiger partial charge in [0.05, 0.1) is 25.4 Å². The van der Waals surface area contributed by atoms with E-state index in [0.29, 0.717) is 10.6 Å². The molecule has 20 heavy (non-hydrogen) atoms. The monoisotopic (exact) mass is 294 g/mol. The van der Waals surface area contributed by atoms with E-state index >= 15 is 0 Å². The molecule has 108 valence electrons. The van der Waals surface area contributed by atoms with Crippen LogP contribution in [-0.2, 0) is 0 Å². The lowest BCUT2D eigenvalue weighted by atomic mass is 10.2. The molecule has 1 unspecified atom stereocenters. The SMILES string of the molecule is COc1ccc2c(N)c(C(=O)N(C)C(C)CO)sc2c1. The Bertz CT molecular complexity index is 639. The first-order valence-corrected chi connectivity index (χ1v) is 7.05. The first-order chi connectivity index (χ1) is 9.49. The molecule has 1 aromatic carbocycles. The molecule has 0 aliphatic carbocycles. The highest BCUT2D eigenvalue weighted by Crippen LogP contribution is 2.36. The van der Waals surface area contributed by atoms with Crippen molar-refractivity contribution in [1.29, 1.82) is 0 Å². The van der Waals surface area contributed by atoms with Gasteiger partial charge in [0.25, 0.3) is 5.91 Å². The number of ether oxygens (including phenoxy) is 1. The Morgan fingerprint density at radius 1 is 1.55 bits per heavy atom. The second-order valence-corrected chi connectivity index (χ2v) is 5.71. The lowest BCUT2D eigenvalue weighted by Crippen LogP contribution is -2.37. The summed E-state index contributed by atoms with van der Waals surface area (Å²) in [6.45, 7) is 1.70. The Morgan fingerprint density at radius 3 is 2.85 bits per heavy atom. The number of carbonyl (C=O) groups excluding carboxylic acids is 1. The molecule has 6 heteroatoms. The number of nitrogens with two attached hydrogens (primary N) is 1. The number of amides is 1. The predicted octanol–water partition coefficient (Wildman–Crippen LogP) is 1.94. The van der Waals surface area contributed by atoms with Gasteiger partial charge in [-0.1, -0.05) is 0 Å². The van der Waals surface area contributed by atoms with Crippen molar-refractivity contribution in [1.82, 2.24) is 4.90 Å². The summed E-state index contributed by atoms with van der Waals surface area (Å²) < 4.78 is 6.08. The first kappa shape index (κ1) is 14.6. The molecule has 0 aliphatic heterocycles. The van der Waals surface area contributed by atoms with Crippen LogP contribution in [-0.4, -0.2) is 42.7 Å². The van der Waals surface area contributed by atoms with Crippen LogP contribution in [0.5, 0.6) is 5.75 Å². The number of benzene rings is 1. The highest BCUT2D eigenvalue weighted by molar-refractivity contribution is 7.21. The summed E-state index contributed by atoms with van der Waals surface area (Å²) >= 11 is 1.34. The van der Waals surface area contributed by atoms with E-state index in [1.807, 2.05) is 18.2 Å². The van der Waals surface area contributed by atoms with Gasteiger partial charge in [-0.25, -0.2) is 0 Å². The number of hydrogen-bond acceptors (Lipinski definition) is 5. The van der Waals surface area contributed by atoms with Crippen molar-refractivity contribution in [2.24, 2.45) is 0 Å². The minimum absolute atomic E-state index is 0.0825. The van der Waals surface area contributed by atoms with E-state index in [9.17, 15) is 4.79 Å². The smallest absolute Gasteiger partial charge is 0.266 e. The summed E-state index contributed by atoms with van der Waals surface area (Å²) in [5.74, 6) is 0.555. The molecule has 1 atom stereocenters. The van der Waals surface area contributed by atoms with Crippen molar-refractivity contribution in [3.8, 4) is 5.75 Å². The Balaban J connectivity index is 2.44. The van der Waals surface area contributed by atoms with Crippen LogP contribution in [0.25, 0.3) is 10.1 Å². The predicted molar refractivity (Wildman–Crippen MR) is 81.4 cm³/mol. The van der Waals surface area contributed by atoms with E-state index in [1.165, 1.54) is 16.2 Å². The Morgan fingerprint density at radius 2 is 2.25 bits per heavy atom. The fourth-order valence-electron chi connectivity index (χ4n) is 1.87. The molecule has 1 heterocycles. The van der Waals surface area contributed by atoms with E-state index in [0.717, 1.165) is 15.8 Å². The topological polar surface area (TPSA) is 75.8 Å². The van der Waals surface area contributed by atoms with Gasteiger partial charge < -0.3 is 20.5 Å². The number of likely N-dealkylation sites (N-methyl/N-ethyl adjacent to an activating group) is 1. The zero-order valence-corrected chi connectivity index (χ0v) is 12.5. The third-order valence-corrected chi connectivity index (χ3v) is 4.53. The Labute approximate surface area is 121 Å². The molecule has 0 fully saturated rings. The molecule has 2 rings (SSSR count). The van der Waals surface area contributed by atoms with Gasteiger partial charge in [-0.3, -0.25) is 4.79 Å². The number of anilines is 1. The van der Waals surface area contributed by atoms with Crippen LogP contribution in [0.15, 0.2) is 18.2 Å². The molecule has 3 N–H and O–H groups in total. The van der Waals surface area contributed by atoms with E-state index in [4.69, 9.17) is 15.6 Å². The number of rotatable bonds is 4. The summed E-state index contributed by atoms with van der Waals surface area (Å²) in [4.78, 5) is 14.4. The number of nitrogen functional groups attached to an aromatic ring is 1. The van der Waals surface area contributed by atoms with Gasteiger partial charge in [-0.15, -0.1) is 11.3 Å². The molecule has 0 aliphatic rings. The largest absolute Gasteiger partial charge is 0.497 e. The Hall–Kier alpha value is -1.79. The van der Waals surface area contributed by atoms with Crippen molar-refractivity contribution in [3.63, 3.8) is 0 Å². The van der Waals surface area contributed by atoms with E-state index in [2.05, 4.69) is 0 Å². The number of aliphatic hydroxyl groups is 1. The number of hydrogen-bond donors (Lipinski definition) is 2. The fraction of sp³-hybridized carbons (Fsp3) is 0.357. The zero-order valence-electron chi connectivity index (χ0n) is 11.7. The van der Waals surface area contributed by atoms with Crippen LogP contribution in [0.1, 0.15) is 16.6 Å². The average molecular weight is 294 g/mol. The molecule has 0 bridgehead atoms. The summed E-state index contributed by atoms with van der Waals surface area (Å²) in [6.07, 6.45) is 0. The quantitative estimate of drug-likeness (QED) is 0.903. The molecular weight excluding hydrogens is 276 g/mol. The highest BCUT2D eigenvalue weighted by atomic mass is 32.1. The van der Waals surface area contributed by atoms with Crippen molar-refractivity contribution in [2.75, 3.05) is 26.5 Å². The van der Waals surface area contributed by atoms with Crippen LogP contribution in [0, 0.1) is 0 Å². The second kappa shape index (κ2) is 5.68. The van der Waals surface area contributed by atoms with E-state index in [1.54, 1.807) is 21.1 Å². The molecule has 0 radical (unpaired) electrons. The third-order valence-electron chi connectivity index (χ3n) is 3.38. The third kappa shape index (κ3) is 2.44. The van der Waals surface area contributed by atoms with Crippen molar-refractivity contribution < 1.29 is 14.6 Å². The number of aliphatic hydroxyl groups excluding tert-OH is 1. The minimum atomic E-state index is -0.248. The number of carbonyl (C=O) groups is 1. The standard InChI is InChI=1S/C14H18N2O3S/c1-8(7-17)16(2)14(18)13-12(15)10-5-4-9(19-3)6-11(10)20-13/h4-6,8,17H,7,15H2,1-3H3. The number of thiophene rings is 1.